The third-order valence-corrected chi connectivity index (χ3v) is 3.41. The summed E-state index contributed by atoms with van der Waals surface area (Å²) in [4.78, 5) is 2.49. The van der Waals surface area contributed by atoms with Crippen molar-refractivity contribution in [2.45, 2.75) is 37.8 Å². The standard InChI is InChI=1S/C11H23N3/c1-14(11-2-3-11)9-8-13-10-4-6-12-7-5-10/h10-13H,2-9H2,1H3. The second-order valence-corrected chi connectivity index (χ2v) is 4.69. The fraction of sp³-hybridized carbons (Fsp3) is 1.00. The van der Waals surface area contributed by atoms with E-state index in [1.165, 1.54) is 45.3 Å². The zero-order valence-electron chi connectivity index (χ0n) is 9.26. The van der Waals surface area contributed by atoms with E-state index < -0.39 is 0 Å². The molecule has 2 rings (SSSR count). The van der Waals surface area contributed by atoms with Gasteiger partial charge in [0, 0.05) is 25.2 Å². The minimum Gasteiger partial charge on any atom is -0.317 e. The highest BCUT2D eigenvalue weighted by Crippen LogP contribution is 2.24. The summed E-state index contributed by atoms with van der Waals surface area (Å²) in [6, 6.07) is 1.67. The molecular formula is C11H23N3. The maximum absolute atomic E-state index is 3.65. The number of rotatable bonds is 5. The van der Waals surface area contributed by atoms with Crippen molar-refractivity contribution in [2.75, 3.05) is 33.2 Å². The highest BCUT2D eigenvalue weighted by Gasteiger charge is 2.25. The summed E-state index contributed by atoms with van der Waals surface area (Å²) in [5.41, 5.74) is 0. The van der Waals surface area contributed by atoms with Crippen LogP contribution in [-0.2, 0) is 0 Å². The van der Waals surface area contributed by atoms with Gasteiger partial charge in [-0.05, 0) is 45.8 Å². The SMILES string of the molecule is CN(CCNC1CCNCC1)C1CC1. The number of nitrogens with one attached hydrogen (secondary N) is 2. The molecule has 1 saturated carbocycles. The summed E-state index contributed by atoms with van der Waals surface area (Å²) >= 11 is 0. The smallest absolute Gasteiger partial charge is 0.0107 e. The Morgan fingerprint density at radius 1 is 1.21 bits per heavy atom. The van der Waals surface area contributed by atoms with E-state index in [1.807, 2.05) is 0 Å². The molecule has 3 heteroatoms. The molecule has 2 N–H and O–H groups in total. The lowest BCUT2D eigenvalue weighted by atomic mass is 10.1. The van der Waals surface area contributed by atoms with Crippen molar-refractivity contribution in [3.63, 3.8) is 0 Å². The summed E-state index contributed by atoms with van der Waals surface area (Å²) < 4.78 is 0. The van der Waals surface area contributed by atoms with Crippen LogP contribution in [-0.4, -0.2) is 50.2 Å². The predicted octanol–water partition coefficient (Wildman–Crippen LogP) is 0.422. The van der Waals surface area contributed by atoms with Crippen LogP contribution < -0.4 is 10.6 Å². The van der Waals surface area contributed by atoms with Crippen molar-refractivity contribution >= 4 is 0 Å². The third kappa shape index (κ3) is 3.23. The van der Waals surface area contributed by atoms with Crippen molar-refractivity contribution in [2.24, 2.45) is 0 Å². The normalized spacial score (nSPS) is 24.4. The maximum Gasteiger partial charge on any atom is 0.0107 e. The van der Waals surface area contributed by atoms with Gasteiger partial charge in [0.05, 0.1) is 0 Å². The number of hydrogen-bond donors (Lipinski definition) is 2. The molecule has 0 spiro atoms. The van der Waals surface area contributed by atoms with Gasteiger partial charge in [-0.15, -0.1) is 0 Å². The van der Waals surface area contributed by atoms with Crippen LogP contribution in [0.3, 0.4) is 0 Å². The van der Waals surface area contributed by atoms with Crippen LogP contribution in [0.15, 0.2) is 0 Å². The second-order valence-electron chi connectivity index (χ2n) is 4.69. The molecule has 82 valence electrons. The van der Waals surface area contributed by atoms with E-state index in [0.717, 1.165) is 18.6 Å². The molecule has 1 aliphatic carbocycles. The Kier molecular flexibility index (Phi) is 3.79. The van der Waals surface area contributed by atoms with E-state index in [1.54, 1.807) is 0 Å². The van der Waals surface area contributed by atoms with Crippen molar-refractivity contribution in [1.29, 1.82) is 0 Å². The largest absolute Gasteiger partial charge is 0.317 e. The molecule has 2 fully saturated rings. The van der Waals surface area contributed by atoms with Gasteiger partial charge >= 0.3 is 0 Å². The summed E-state index contributed by atoms with van der Waals surface area (Å²) in [5.74, 6) is 0. The molecule has 0 unspecified atom stereocenters. The lowest BCUT2D eigenvalue weighted by molar-refractivity contribution is 0.302. The fourth-order valence-corrected chi connectivity index (χ4v) is 2.17. The van der Waals surface area contributed by atoms with Gasteiger partial charge in [0.2, 0.25) is 0 Å². The first-order valence-electron chi connectivity index (χ1n) is 6.00. The van der Waals surface area contributed by atoms with E-state index in [0.29, 0.717) is 0 Å². The number of nitrogens with zero attached hydrogens (tertiary/aromatic N) is 1. The molecular weight excluding hydrogens is 174 g/mol. The van der Waals surface area contributed by atoms with Crippen molar-refractivity contribution in [3.05, 3.63) is 0 Å². The van der Waals surface area contributed by atoms with Gasteiger partial charge in [0.25, 0.3) is 0 Å². The maximum atomic E-state index is 3.65. The predicted molar refractivity (Wildman–Crippen MR) is 59.5 cm³/mol. The highest BCUT2D eigenvalue weighted by molar-refractivity contribution is 4.83. The molecule has 0 aromatic rings. The van der Waals surface area contributed by atoms with Gasteiger partial charge in [-0.1, -0.05) is 0 Å². The number of hydrogen-bond acceptors (Lipinski definition) is 3. The zero-order chi connectivity index (χ0) is 9.80. The molecule has 1 saturated heterocycles. The van der Waals surface area contributed by atoms with E-state index in [2.05, 4.69) is 22.6 Å². The van der Waals surface area contributed by atoms with Gasteiger partial charge in [-0.3, -0.25) is 0 Å². The van der Waals surface area contributed by atoms with Gasteiger partial charge in [0.15, 0.2) is 0 Å². The van der Waals surface area contributed by atoms with E-state index in [9.17, 15) is 0 Å². The fourth-order valence-electron chi connectivity index (χ4n) is 2.17. The van der Waals surface area contributed by atoms with Crippen LogP contribution in [0, 0.1) is 0 Å². The van der Waals surface area contributed by atoms with Crippen LogP contribution in [0.2, 0.25) is 0 Å². The topological polar surface area (TPSA) is 27.3 Å². The Labute approximate surface area is 87.2 Å². The van der Waals surface area contributed by atoms with Crippen molar-refractivity contribution in [1.82, 2.24) is 15.5 Å². The quantitative estimate of drug-likeness (QED) is 0.669. The third-order valence-electron chi connectivity index (χ3n) is 3.41. The average molecular weight is 197 g/mol. The Balaban J connectivity index is 1.52. The monoisotopic (exact) mass is 197 g/mol. The van der Waals surface area contributed by atoms with Gasteiger partial charge < -0.3 is 15.5 Å². The summed E-state index contributed by atoms with van der Waals surface area (Å²) in [7, 11) is 2.25. The first-order valence-corrected chi connectivity index (χ1v) is 6.00. The summed E-state index contributed by atoms with van der Waals surface area (Å²) in [6.07, 6.45) is 5.44. The number of likely N-dealkylation sites (N-methyl/N-ethyl adjacent to an activating group) is 1. The summed E-state index contributed by atoms with van der Waals surface area (Å²) in [5, 5.41) is 7.05. The Morgan fingerprint density at radius 3 is 2.57 bits per heavy atom. The molecule has 0 aromatic carbocycles. The first-order chi connectivity index (χ1) is 6.86. The molecule has 0 amide bonds. The lowest BCUT2D eigenvalue weighted by Gasteiger charge is -2.25. The molecule has 1 aliphatic heterocycles. The Hall–Kier alpha value is -0.120. The molecule has 0 atom stereocenters. The van der Waals surface area contributed by atoms with Gasteiger partial charge in [-0.25, -0.2) is 0 Å². The van der Waals surface area contributed by atoms with Crippen LogP contribution >= 0.6 is 0 Å². The Morgan fingerprint density at radius 2 is 1.93 bits per heavy atom. The van der Waals surface area contributed by atoms with E-state index in [-0.39, 0.29) is 0 Å². The molecule has 3 nitrogen and oxygen atoms in total. The summed E-state index contributed by atoms with van der Waals surface area (Å²) in [6.45, 7) is 4.76. The van der Waals surface area contributed by atoms with Gasteiger partial charge in [0.1, 0.15) is 0 Å². The average Bonchev–Trinajstić information content (AvgIpc) is 3.02. The first kappa shape index (κ1) is 10.4. The lowest BCUT2D eigenvalue weighted by Crippen LogP contribution is -2.42. The molecule has 14 heavy (non-hydrogen) atoms. The molecule has 0 radical (unpaired) electrons. The molecule has 2 aliphatic rings. The Bertz CT molecular complexity index is 162. The van der Waals surface area contributed by atoms with Crippen molar-refractivity contribution in [3.8, 4) is 0 Å². The van der Waals surface area contributed by atoms with Crippen LogP contribution in [0.4, 0.5) is 0 Å². The zero-order valence-corrected chi connectivity index (χ0v) is 9.26. The second kappa shape index (κ2) is 5.10. The van der Waals surface area contributed by atoms with E-state index in [4.69, 9.17) is 0 Å². The number of piperidine rings is 1. The minimum absolute atomic E-state index is 0.767. The molecule has 1 heterocycles. The molecule has 0 aromatic heterocycles. The minimum atomic E-state index is 0.767. The highest BCUT2D eigenvalue weighted by atomic mass is 15.2. The van der Waals surface area contributed by atoms with Crippen LogP contribution in [0.1, 0.15) is 25.7 Å². The molecule has 0 bridgehead atoms. The van der Waals surface area contributed by atoms with Crippen LogP contribution in [0.5, 0.6) is 0 Å². The van der Waals surface area contributed by atoms with Crippen LogP contribution in [0.25, 0.3) is 0 Å². The van der Waals surface area contributed by atoms with Gasteiger partial charge in [-0.2, -0.15) is 0 Å². The van der Waals surface area contributed by atoms with Crippen molar-refractivity contribution < 1.29 is 0 Å². The van der Waals surface area contributed by atoms with E-state index >= 15 is 0 Å².